The summed E-state index contributed by atoms with van der Waals surface area (Å²) in [5.74, 6) is 0.133. The maximum Gasteiger partial charge on any atom is 0.416 e. The van der Waals surface area contributed by atoms with E-state index in [1.54, 1.807) is 0 Å². The van der Waals surface area contributed by atoms with E-state index in [-0.39, 0.29) is 17.3 Å². The number of nitrogens with one attached hydrogen (secondary N) is 1. The lowest BCUT2D eigenvalue weighted by Crippen LogP contribution is -2.16. The number of halogens is 3. The molecule has 0 aliphatic rings. The van der Waals surface area contributed by atoms with E-state index in [9.17, 15) is 18.0 Å². The molecule has 1 aromatic carbocycles. The molecule has 8 heteroatoms. The number of hydrogen-bond acceptors (Lipinski definition) is 3. The fourth-order valence-corrected chi connectivity index (χ4v) is 3.32. The lowest BCUT2D eigenvalue weighted by molar-refractivity contribution is -0.137. The van der Waals surface area contributed by atoms with Gasteiger partial charge in [-0.05, 0) is 38.0 Å². The maximum absolute atomic E-state index is 12.7. The first-order valence-electron chi connectivity index (χ1n) is 8.21. The molecule has 142 valence electrons. The summed E-state index contributed by atoms with van der Waals surface area (Å²) in [6.45, 7) is 8.90. The third-order valence-electron chi connectivity index (χ3n) is 3.78. The van der Waals surface area contributed by atoms with E-state index in [1.807, 2.05) is 13.8 Å². The van der Waals surface area contributed by atoms with Crippen molar-refractivity contribution in [3.63, 3.8) is 0 Å². The first-order chi connectivity index (χ1) is 12.1. The van der Waals surface area contributed by atoms with Gasteiger partial charge >= 0.3 is 6.18 Å². The molecule has 0 saturated carbocycles. The van der Waals surface area contributed by atoms with Crippen LogP contribution in [0, 0.1) is 19.8 Å². The molecule has 26 heavy (non-hydrogen) atoms. The maximum atomic E-state index is 12.7. The van der Waals surface area contributed by atoms with Crippen molar-refractivity contribution in [1.82, 2.24) is 9.55 Å². The number of carbonyl (C=O) groups is 1. The standard InChI is InChI=1S/C18H22F3N3OS/c1-11(2)9-24-13(4)12(3)22-17(24)26-10-16(25)23-15-7-5-6-14(8-15)18(19,20)21/h5-8,11H,9-10H2,1-4H3,(H,23,25). The number of alkyl halides is 3. The van der Waals surface area contributed by atoms with E-state index in [4.69, 9.17) is 0 Å². The fourth-order valence-electron chi connectivity index (χ4n) is 2.41. The van der Waals surface area contributed by atoms with E-state index in [2.05, 4.69) is 28.7 Å². The molecule has 2 aromatic rings. The summed E-state index contributed by atoms with van der Waals surface area (Å²) in [5.41, 5.74) is 1.30. The van der Waals surface area contributed by atoms with Gasteiger partial charge in [-0.2, -0.15) is 13.2 Å². The largest absolute Gasteiger partial charge is 0.416 e. The van der Waals surface area contributed by atoms with Gasteiger partial charge in [0.1, 0.15) is 0 Å². The van der Waals surface area contributed by atoms with Gasteiger partial charge in [-0.25, -0.2) is 4.98 Å². The van der Waals surface area contributed by atoms with Crippen molar-refractivity contribution in [3.8, 4) is 0 Å². The molecule has 1 aromatic heterocycles. The van der Waals surface area contributed by atoms with Gasteiger partial charge in [0.15, 0.2) is 5.16 Å². The van der Waals surface area contributed by atoms with E-state index in [0.29, 0.717) is 5.92 Å². The van der Waals surface area contributed by atoms with Crippen LogP contribution in [0.5, 0.6) is 0 Å². The number of nitrogens with zero attached hydrogens (tertiary/aromatic N) is 2. The van der Waals surface area contributed by atoms with Gasteiger partial charge in [-0.15, -0.1) is 0 Å². The highest BCUT2D eigenvalue weighted by Gasteiger charge is 2.30. The highest BCUT2D eigenvalue weighted by molar-refractivity contribution is 7.99. The molecule has 2 rings (SSSR count). The molecular weight excluding hydrogens is 363 g/mol. The molecule has 1 heterocycles. The number of carbonyl (C=O) groups excluding carboxylic acids is 1. The Kier molecular flexibility index (Phi) is 6.39. The Labute approximate surface area is 155 Å². The fraction of sp³-hybridized carbons (Fsp3) is 0.444. The minimum atomic E-state index is -4.44. The highest BCUT2D eigenvalue weighted by Crippen LogP contribution is 2.30. The highest BCUT2D eigenvalue weighted by atomic mass is 32.2. The van der Waals surface area contributed by atoms with E-state index in [1.165, 1.54) is 23.9 Å². The van der Waals surface area contributed by atoms with Gasteiger partial charge in [0, 0.05) is 17.9 Å². The van der Waals surface area contributed by atoms with Crippen LogP contribution >= 0.6 is 11.8 Å². The SMILES string of the molecule is Cc1nc(SCC(=O)Nc2cccc(C(F)(F)F)c2)n(CC(C)C)c1C. The van der Waals surface area contributed by atoms with Crippen LogP contribution in [0.15, 0.2) is 29.4 Å². The lowest BCUT2D eigenvalue weighted by Gasteiger charge is -2.12. The smallest absolute Gasteiger partial charge is 0.325 e. The second-order valence-corrected chi connectivity index (χ2v) is 7.43. The molecule has 0 atom stereocenters. The van der Waals surface area contributed by atoms with Crippen LogP contribution in [0.2, 0.25) is 0 Å². The summed E-state index contributed by atoms with van der Waals surface area (Å²) in [6, 6.07) is 4.61. The Balaban J connectivity index is 2.03. The van der Waals surface area contributed by atoms with Gasteiger partial charge in [-0.1, -0.05) is 31.7 Å². The lowest BCUT2D eigenvalue weighted by atomic mass is 10.2. The predicted octanol–water partition coefficient (Wildman–Crippen LogP) is 4.91. The van der Waals surface area contributed by atoms with Crippen molar-refractivity contribution in [2.24, 2.45) is 5.92 Å². The van der Waals surface area contributed by atoms with Crippen molar-refractivity contribution in [2.75, 3.05) is 11.1 Å². The molecule has 0 spiro atoms. The monoisotopic (exact) mass is 385 g/mol. The van der Waals surface area contributed by atoms with Crippen molar-refractivity contribution < 1.29 is 18.0 Å². The van der Waals surface area contributed by atoms with Crippen LogP contribution in [0.25, 0.3) is 0 Å². The number of benzene rings is 1. The summed E-state index contributed by atoms with van der Waals surface area (Å²) in [5, 5.41) is 3.25. The topological polar surface area (TPSA) is 46.9 Å². The third-order valence-corrected chi connectivity index (χ3v) is 4.75. The van der Waals surface area contributed by atoms with Crippen molar-refractivity contribution in [2.45, 2.75) is 45.6 Å². The number of rotatable bonds is 6. The van der Waals surface area contributed by atoms with Crippen molar-refractivity contribution in [3.05, 3.63) is 41.2 Å². The van der Waals surface area contributed by atoms with Gasteiger partial charge in [-0.3, -0.25) is 4.79 Å². The van der Waals surface area contributed by atoms with Crippen LogP contribution in [0.4, 0.5) is 18.9 Å². The minimum Gasteiger partial charge on any atom is -0.325 e. The second kappa shape index (κ2) is 8.16. The summed E-state index contributed by atoms with van der Waals surface area (Å²) in [7, 11) is 0. The number of aromatic nitrogens is 2. The minimum absolute atomic E-state index is 0.0736. The summed E-state index contributed by atoms with van der Waals surface area (Å²) >= 11 is 1.28. The Hall–Kier alpha value is -1.96. The van der Waals surface area contributed by atoms with Crippen molar-refractivity contribution in [1.29, 1.82) is 0 Å². The Morgan fingerprint density at radius 1 is 1.31 bits per heavy atom. The first-order valence-corrected chi connectivity index (χ1v) is 9.20. The molecule has 4 nitrogen and oxygen atoms in total. The summed E-state index contributed by atoms with van der Waals surface area (Å²) in [4.78, 5) is 16.6. The molecule has 0 radical (unpaired) electrons. The average Bonchev–Trinajstić information content (AvgIpc) is 2.80. The van der Waals surface area contributed by atoms with Gasteiger partial charge in [0.2, 0.25) is 5.91 Å². The van der Waals surface area contributed by atoms with Crippen LogP contribution in [0.3, 0.4) is 0 Å². The normalized spacial score (nSPS) is 11.8. The zero-order valence-corrected chi connectivity index (χ0v) is 16.0. The van der Waals surface area contributed by atoms with Crippen LogP contribution in [0.1, 0.15) is 30.8 Å². The molecule has 0 saturated heterocycles. The van der Waals surface area contributed by atoms with Gasteiger partial charge in [0.25, 0.3) is 0 Å². The number of anilines is 1. The molecule has 1 amide bonds. The molecular formula is C18H22F3N3OS. The molecule has 1 N–H and O–H groups in total. The molecule has 0 aliphatic heterocycles. The van der Waals surface area contributed by atoms with Crippen LogP contribution in [-0.4, -0.2) is 21.2 Å². The van der Waals surface area contributed by atoms with Gasteiger partial charge < -0.3 is 9.88 Å². The number of amides is 1. The summed E-state index contributed by atoms with van der Waals surface area (Å²) < 4.78 is 40.3. The van der Waals surface area contributed by atoms with E-state index in [0.717, 1.165) is 35.2 Å². The Bertz CT molecular complexity index is 784. The molecule has 0 bridgehead atoms. The second-order valence-electron chi connectivity index (χ2n) is 6.49. The van der Waals surface area contributed by atoms with Crippen LogP contribution < -0.4 is 5.32 Å². The average molecular weight is 385 g/mol. The van der Waals surface area contributed by atoms with Crippen LogP contribution in [-0.2, 0) is 17.5 Å². The zero-order valence-electron chi connectivity index (χ0n) is 15.1. The number of imidazole rings is 1. The Morgan fingerprint density at radius 3 is 2.62 bits per heavy atom. The number of hydrogen-bond donors (Lipinski definition) is 1. The molecule has 0 aliphatic carbocycles. The molecule has 0 unspecified atom stereocenters. The number of aryl methyl sites for hydroxylation is 1. The molecule has 0 fully saturated rings. The zero-order chi connectivity index (χ0) is 19.5. The summed E-state index contributed by atoms with van der Waals surface area (Å²) in [6.07, 6.45) is -4.44. The number of thioether (sulfide) groups is 1. The third kappa shape index (κ3) is 5.27. The van der Waals surface area contributed by atoms with Crippen molar-refractivity contribution >= 4 is 23.4 Å². The quantitative estimate of drug-likeness (QED) is 0.719. The van der Waals surface area contributed by atoms with E-state index < -0.39 is 11.7 Å². The Morgan fingerprint density at radius 2 is 2.00 bits per heavy atom. The predicted molar refractivity (Wildman–Crippen MR) is 97.3 cm³/mol. The van der Waals surface area contributed by atoms with Gasteiger partial charge in [0.05, 0.1) is 17.0 Å². The van der Waals surface area contributed by atoms with E-state index >= 15 is 0 Å². The first kappa shape index (κ1) is 20.4.